The molecule has 0 saturated carbocycles. The first-order valence-electron chi connectivity index (χ1n) is 3.54. The molecule has 0 aromatic carbocycles. The van der Waals surface area contributed by atoms with Gasteiger partial charge in [0, 0.05) is 0 Å². The number of hydrogen-bond donors (Lipinski definition) is 2. The average Bonchev–Trinajstić information content (AvgIpc) is 2.03. The van der Waals surface area contributed by atoms with Gasteiger partial charge in [0.25, 0.3) is 0 Å². The highest BCUT2D eigenvalue weighted by Gasteiger charge is 2.19. The second-order valence-corrected chi connectivity index (χ2v) is 3.36. The minimum Gasteiger partial charge on any atom is -0.329 e. The van der Waals surface area contributed by atoms with Crippen LogP contribution in [0, 0.1) is 0 Å². The van der Waals surface area contributed by atoms with Crippen LogP contribution in [-0.4, -0.2) is 24.1 Å². The van der Waals surface area contributed by atoms with Gasteiger partial charge in [-0.2, -0.15) is 0 Å². The van der Waals surface area contributed by atoms with Gasteiger partial charge >= 0.3 is 7.82 Å². The molecule has 0 radical (unpaired) electrons. The Bertz CT molecular complexity index is 229. The average molecular weight is 209 g/mol. The predicted molar refractivity (Wildman–Crippen MR) is 45.7 cm³/mol. The molecule has 1 amide bonds. The Labute approximate surface area is 76.2 Å². The van der Waals surface area contributed by atoms with Gasteiger partial charge in [-0.3, -0.25) is 13.8 Å². The molecule has 0 fully saturated rings. The van der Waals surface area contributed by atoms with Crippen molar-refractivity contribution in [2.24, 2.45) is 0 Å². The van der Waals surface area contributed by atoms with E-state index in [1.165, 1.54) is 0 Å². The van der Waals surface area contributed by atoms with Crippen molar-refractivity contribution >= 4 is 13.7 Å². The van der Waals surface area contributed by atoms with Crippen LogP contribution in [0.15, 0.2) is 12.7 Å². The number of phosphoric ester groups is 1. The van der Waals surface area contributed by atoms with Gasteiger partial charge in [0.1, 0.15) is 6.73 Å². The smallest absolute Gasteiger partial charge is 0.329 e. The van der Waals surface area contributed by atoms with Crippen LogP contribution in [0.4, 0.5) is 0 Å². The second-order valence-electron chi connectivity index (χ2n) is 1.90. The van der Waals surface area contributed by atoms with E-state index in [-0.39, 0.29) is 6.61 Å². The van der Waals surface area contributed by atoms with Gasteiger partial charge in [-0.05, 0) is 13.0 Å². The number of carbonyl (C=O) groups is 1. The molecule has 1 atom stereocenters. The van der Waals surface area contributed by atoms with E-state index in [1.54, 1.807) is 6.92 Å². The fourth-order valence-electron chi connectivity index (χ4n) is 0.458. The molecule has 0 aliphatic heterocycles. The molecule has 0 saturated heterocycles. The molecular weight excluding hydrogens is 197 g/mol. The number of amides is 1. The quantitative estimate of drug-likeness (QED) is 0.375. The number of nitrogens with one attached hydrogen (secondary N) is 1. The zero-order valence-electron chi connectivity index (χ0n) is 7.23. The molecule has 0 rings (SSSR count). The number of hydrogen-bond acceptors (Lipinski definition) is 4. The molecule has 0 aromatic heterocycles. The van der Waals surface area contributed by atoms with Crippen LogP contribution < -0.4 is 5.32 Å². The van der Waals surface area contributed by atoms with E-state index >= 15 is 0 Å². The Morgan fingerprint density at radius 3 is 2.77 bits per heavy atom. The summed E-state index contributed by atoms with van der Waals surface area (Å²) in [6.07, 6.45) is 1.02. The normalized spacial score (nSPS) is 14.6. The third-order valence-electron chi connectivity index (χ3n) is 0.952. The van der Waals surface area contributed by atoms with Crippen molar-refractivity contribution < 1.29 is 23.3 Å². The first kappa shape index (κ1) is 12.3. The van der Waals surface area contributed by atoms with E-state index in [0.717, 1.165) is 6.08 Å². The zero-order valence-corrected chi connectivity index (χ0v) is 8.12. The molecule has 0 heterocycles. The summed E-state index contributed by atoms with van der Waals surface area (Å²) in [5, 5.41) is 2.16. The predicted octanol–water partition coefficient (Wildman–Crippen LogP) is 0.400. The van der Waals surface area contributed by atoms with Crippen molar-refractivity contribution in [2.75, 3.05) is 13.3 Å². The summed E-state index contributed by atoms with van der Waals surface area (Å²) in [5.41, 5.74) is 0. The van der Waals surface area contributed by atoms with Gasteiger partial charge in [-0.15, -0.1) is 0 Å². The lowest BCUT2D eigenvalue weighted by Gasteiger charge is -2.10. The number of phosphoric acid groups is 1. The third-order valence-corrected chi connectivity index (χ3v) is 1.99. The molecule has 0 aromatic rings. The summed E-state index contributed by atoms with van der Waals surface area (Å²) in [6.45, 7) is 4.40. The highest BCUT2D eigenvalue weighted by Crippen LogP contribution is 2.42. The van der Waals surface area contributed by atoms with Gasteiger partial charge in [-0.25, -0.2) is 4.57 Å². The van der Waals surface area contributed by atoms with E-state index in [2.05, 4.69) is 20.9 Å². The van der Waals surface area contributed by atoms with Crippen molar-refractivity contribution in [3.05, 3.63) is 12.7 Å². The number of rotatable bonds is 6. The first-order valence-corrected chi connectivity index (χ1v) is 5.03. The molecule has 0 aliphatic rings. The monoisotopic (exact) mass is 209 g/mol. The summed E-state index contributed by atoms with van der Waals surface area (Å²) in [7, 11) is -4.01. The van der Waals surface area contributed by atoms with E-state index in [0.29, 0.717) is 0 Å². The Morgan fingerprint density at radius 2 is 2.31 bits per heavy atom. The Balaban J connectivity index is 3.69. The lowest BCUT2D eigenvalue weighted by atomic mass is 10.6. The first-order chi connectivity index (χ1) is 6.02. The fraction of sp³-hybridized carbons (Fsp3) is 0.500. The molecule has 0 spiro atoms. The molecule has 13 heavy (non-hydrogen) atoms. The summed E-state index contributed by atoms with van der Waals surface area (Å²) in [4.78, 5) is 19.4. The largest absolute Gasteiger partial charge is 0.473 e. The van der Waals surface area contributed by atoms with E-state index in [4.69, 9.17) is 4.89 Å². The summed E-state index contributed by atoms with van der Waals surface area (Å²) < 4.78 is 19.5. The van der Waals surface area contributed by atoms with Crippen molar-refractivity contribution in [3.8, 4) is 0 Å². The maximum absolute atomic E-state index is 10.8. The van der Waals surface area contributed by atoms with E-state index < -0.39 is 20.5 Å². The highest BCUT2D eigenvalue weighted by molar-refractivity contribution is 7.47. The molecule has 1 unspecified atom stereocenters. The summed E-state index contributed by atoms with van der Waals surface area (Å²) in [6, 6.07) is 0. The number of carbonyl (C=O) groups excluding carboxylic acids is 1. The Kier molecular flexibility index (Phi) is 5.57. The molecule has 2 N–H and O–H groups in total. The summed E-state index contributed by atoms with van der Waals surface area (Å²) >= 11 is 0. The second kappa shape index (κ2) is 5.88. The van der Waals surface area contributed by atoms with Gasteiger partial charge in [-0.1, -0.05) is 6.58 Å². The molecular formula is C6H12NO5P. The van der Waals surface area contributed by atoms with Crippen LogP contribution in [0.5, 0.6) is 0 Å². The van der Waals surface area contributed by atoms with Crippen LogP contribution in [0.3, 0.4) is 0 Å². The van der Waals surface area contributed by atoms with Crippen molar-refractivity contribution in [2.45, 2.75) is 6.92 Å². The van der Waals surface area contributed by atoms with Crippen molar-refractivity contribution in [1.82, 2.24) is 5.32 Å². The van der Waals surface area contributed by atoms with Gasteiger partial charge in [0.15, 0.2) is 0 Å². The molecule has 6 nitrogen and oxygen atoms in total. The van der Waals surface area contributed by atoms with Crippen LogP contribution in [0.2, 0.25) is 0 Å². The van der Waals surface area contributed by atoms with E-state index in [9.17, 15) is 9.36 Å². The lowest BCUT2D eigenvalue weighted by Crippen LogP contribution is -2.23. The van der Waals surface area contributed by atoms with Crippen LogP contribution in [-0.2, 0) is 18.4 Å². The Hall–Kier alpha value is -0.680. The van der Waals surface area contributed by atoms with Crippen LogP contribution in [0.1, 0.15) is 6.92 Å². The molecule has 0 bridgehead atoms. The minimum absolute atomic E-state index is 0.0587. The maximum Gasteiger partial charge on any atom is 0.473 e. The minimum atomic E-state index is -4.01. The molecule has 0 aliphatic carbocycles. The summed E-state index contributed by atoms with van der Waals surface area (Å²) in [5.74, 6) is -0.489. The van der Waals surface area contributed by atoms with Crippen LogP contribution in [0.25, 0.3) is 0 Å². The van der Waals surface area contributed by atoms with Gasteiger partial charge in [0.2, 0.25) is 5.91 Å². The van der Waals surface area contributed by atoms with Gasteiger partial charge < -0.3 is 10.2 Å². The van der Waals surface area contributed by atoms with E-state index in [1.807, 2.05) is 0 Å². The van der Waals surface area contributed by atoms with Crippen molar-refractivity contribution in [1.29, 1.82) is 0 Å². The zero-order chi connectivity index (χ0) is 10.3. The lowest BCUT2D eigenvalue weighted by molar-refractivity contribution is -0.117. The topological polar surface area (TPSA) is 84.9 Å². The standard InChI is InChI=1S/C6H12NO5P/c1-3-6(8)7-5-12-13(9,10)11-4-2/h3H,1,4-5H2,2H3,(H,7,8)(H,9,10). The fourth-order valence-corrected chi connectivity index (χ4v) is 1.09. The van der Waals surface area contributed by atoms with Crippen molar-refractivity contribution in [3.63, 3.8) is 0 Å². The third kappa shape index (κ3) is 6.48. The Morgan fingerprint density at radius 1 is 1.69 bits per heavy atom. The highest BCUT2D eigenvalue weighted by atomic mass is 31.2. The SMILES string of the molecule is C=CC(=O)NCOP(=O)(O)OCC. The van der Waals surface area contributed by atoms with Crippen LogP contribution >= 0.6 is 7.82 Å². The molecule has 7 heteroatoms. The maximum atomic E-state index is 10.8. The molecule has 76 valence electrons. The van der Waals surface area contributed by atoms with Gasteiger partial charge in [0.05, 0.1) is 6.61 Å².